The molecule has 2 aliphatic rings. The molecular weight excluding hydrogens is 314 g/mol. The predicted molar refractivity (Wildman–Crippen MR) is 93.2 cm³/mol. The number of likely N-dealkylation sites (tertiary alicyclic amines) is 1. The third-order valence-electron chi connectivity index (χ3n) is 5.31. The number of anilines is 1. The fraction of sp³-hybridized carbons (Fsp3) is 0.250. The molecule has 0 radical (unpaired) electrons. The Morgan fingerprint density at radius 3 is 2.60 bits per heavy atom. The zero-order chi connectivity index (χ0) is 17.6. The van der Waals surface area contributed by atoms with Crippen molar-refractivity contribution in [3.05, 3.63) is 65.2 Å². The zero-order valence-corrected chi connectivity index (χ0v) is 13.9. The molecule has 5 heteroatoms. The average Bonchev–Trinajstić information content (AvgIpc) is 3.20. The summed E-state index contributed by atoms with van der Waals surface area (Å²) in [7, 11) is 1.79. The topological polar surface area (TPSA) is 64.4 Å². The number of benzene rings is 2. The van der Waals surface area contributed by atoms with E-state index in [1.807, 2.05) is 30.3 Å². The van der Waals surface area contributed by atoms with Gasteiger partial charge in [-0.2, -0.15) is 5.26 Å². The first kappa shape index (κ1) is 15.4. The van der Waals surface area contributed by atoms with Gasteiger partial charge in [0.25, 0.3) is 5.91 Å². The van der Waals surface area contributed by atoms with Crippen molar-refractivity contribution in [2.75, 3.05) is 25.0 Å². The monoisotopic (exact) mass is 331 g/mol. The summed E-state index contributed by atoms with van der Waals surface area (Å²) in [6.07, 6.45) is 0.634. The molecule has 2 aromatic rings. The number of para-hydroxylation sites is 1. The molecule has 25 heavy (non-hydrogen) atoms. The highest BCUT2D eigenvalue weighted by Crippen LogP contribution is 2.46. The number of nitriles is 1. The smallest absolute Gasteiger partial charge is 0.253 e. The van der Waals surface area contributed by atoms with Gasteiger partial charge in [-0.1, -0.05) is 18.2 Å². The van der Waals surface area contributed by atoms with Crippen LogP contribution in [0.4, 0.5) is 5.69 Å². The summed E-state index contributed by atoms with van der Waals surface area (Å²) in [6, 6.07) is 16.5. The summed E-state index contributed by atoms with van der Waals surface area (Å²) in [5.41, 5.74) is 2.38. The lowest BCUT2D eigenvalue weighted by Gasteiger charge is -2.23. The molecule has 0 N–H and O–H groups in total. The second-order valence-corrected chi connectivity index (χ2v) is 6.63. The molecule has 1 spiro atoms. The first-order valence-electron chi connectivity index (χ1n) is 8.24. The number of fused-ring (bicyclic) bond motifs is 2. The summed E-state index contributed by atoms with van der Waals surface area (Å²) in [4.78, 5) is 29.2. The van der Waals surface area contributed by atoms with Gasteiger partial charge >= 0.3 is 0 Å². The van der Waals surface area contributed by atoms with E-state index in [1.165, 1.54) is 0 Å². The van der Waals surface area contributed by atoms with Crippen LogP contribution in [0, 0.1) is 11.3 Å². The van der Waals surface area contributed by atoms with Crippen LogP contribution < -0.4 is 4.90 Å². The van der Waals surface area contributed by atoms with Gasteiger partial charge in [-0.3, -0.25) is 9.59 Å². The number of rotatable bonds is 1. The lowest BCUT2D eigenvalue weighted by molar-refractivity contribution is -0.122. The maximum absolute atomic E-state index is 12.9. The summed E-state index contributed by atoms with van der Waals surface area (Å²) in [5, 5.41) is 8.88. The molecule has 1 atom stereocenters. The van der Waals surface area contributed by atoms with Crippen molar-refractivity contribution in [2.45, 2.75) is 11.8 Å². The second-order valence-electron chi connectivity index (χ2n) is 6.63. The molecule has 0 unspecified atom stereocenters. The van der Waals surface area contributed by atoms with Crippen molar-refractivity contribution in [1.82, 2.24) is 4.90 Å². The van der Waals surface area contributed by atoms with Crippen molar-refractivity contribution in [1.29, 1.82) is 5.26 Å². The quantitative estimate of drug-likeness (QED) is 0.805. The van der Waals surface area contributed by atoms with Crippen LogP contribution >= 0.6 is 0 Å². The summed E-state index contributed by atoms with van der Waals surface area (Å²) in [6.45, 7) is 0.943. The molecule has 1 fully saturated rings. The van der Waals surface area contributed by atoms with Crippen molar-refractivity contribution in [2.24, 2.45) is 0 Å². The zero-order valence-electron chi connectivity index (χ0n) is 13.9. The largest absolute Gasteiger partial charge is 0.337 e. The van der Waals surface area contributed by atoms with Gasteiger partial charge in [0.1, 0.15) is 0 Å². The Morgan fingerprint density at radius 2 is 1.88 bits per heavy atom. The van der Waals surface area contributed by atoms with Gasteiger partial charge in [-0.25, -0.2) is 0 Å². The van der Waals surface area contributed by atoms with Crippen LogP contribution in [0.15, 0.2) is 48.5 Å². The van der Waals surface area contributed by atoms with Crippen LogP contribution in [0.5, 0.6) is 0 Å². The lowest BCUT2D eigenvalue weighted by Crippen LogP contribution is -2.42. The number of amides is 2. The minimum atomic E-state index is -0.631. The molecule has 2 aromatic carbocycles. The van der Waals surface area contributed by atoms with Gasteiger partial charge in [-0.05, 0) is 42.3 Å². The van der Waals surface area contributed by atoms with E-state index in [4.69, 9.17) is 5.26 Å². The number of likely N-dealkylation sites (N-methyl/N-ethyl adjacent to an activating group) is 1. The first-order chi connectivity index (χ1) is 12.1. The highest BCUT2D eigenvalue weighted by Gasteiger charge is 2.54. The fourth-order valence-electron chi connectivity index (χ4n) is 3.96. The third kappa shape index (κ3) is 2.14. The molecule has 2 heterocycles. The summed E-state index contributed by atoms with van der Waals surface area (Å²) in [5.74, 6) is -0.0370. The van der Waals surface area contributed by atoms with Gasteiger partial charge in [0.2, 0.25) is 5.91 Å². The minimum Gasteiger partial charge on any atom is -0.337 e. The van der Waals surface area contributed by atoms with Crippen LogP contribution in [0.2, 0.25) is 0 Å². The van der Waals surface area contributed by atoms with Crippen molar-refractivity contribution in [3.63, 3.8) is 0 Å². The molecule has 2 amide bonds. The van der Waals surface area contributed by atoms with E-state index >= 15 is 0 Å². The Kier molecular flexibility index (Phi) is 3.36. The molecule has 4 rings (SSSR count). The Morgan fingerprint density at radius 1 is 1.16 bits per heavy atom. The number of hydrogen-bond donors (Lipinski definition) is 0. The molecule has 0 saturated carbocycles. The maximum Gasteiger partial charge on any atom is 0.253 e. The van der Waals surface area contributed by atoms with E-state index in [0.29, 0.717) is 30.6 Å². The van der Waals surface area contributed by atoms with E-state index < -0.39 is 5.41 Å². The molecule has 1 saturated heterocycles. The fourth-order valence-corrected chi connectivity index (χ4v) is 3.96. The highest BCUT2D eigenvalue weighted by atomic mass is 16.2. The number of nitrogens with zero attached hydrogens (tertiary/aromatic N) is 3. The molecule has 5 nitrogen and oxygen atoms in total. The first-order valence-corrected chi connectivity index (χ1v) is 8.24. The Bertz CT molecular complexity index is 913. The average molecular weight is 331 g/mol. The van der Waals surface area contributed by atoms with Gasteiger partial charge in [-0.15, -0.1) is 0 Å². The molecule has 124 valence electrons. The van der Waals surface area contributed by atoms with E-state index in [-0.39, 0.29) is 11.8 Å². The number of carbonyl (C=O) groups excluding carboxylic acids is 2. The van der Waals surface area contributed by atoms with E-state index in [0.717, 1.165) is 11.3 Å². The van der Waals surface area contributed by atoms with E-state index in [1.54, 1.807) is 41.1 Å². The van der Waals surface area contributed by atoms with Crippen LogP contribution in [-0.4, -0.2) is 36.9 Å². The number of hydrogen-bond acceptors (Lipinski definition) is 3. The van der Waals surface area contributed by atoms with E-state index in [2.05, 4.69) is 0 Å². The van der Waals surface area contributed by atoms with Gasteiger partial charge < -0.3 is 9.80 Å². The van der Waals surface area contributed by atoms with Gasteiger partial charge in [0.05, 0.1) is 17.0 Å². The molecule has 2 aliphatic heterocycles. The van der Waals surface area contributed by atoms with Crippen LogP contribution in [0.1, 0.15) is 27.9 Å². The van der Waals surface area contributed by atoms with Crippen LogP contribution in [-0.2, 0) is 10.2 Å². The Balaban J connectivity index is 1.64. The minimum absolute atomic E-state index is 0.0591. The molecular formula is C20H17N3O2. The van der Waals surface area contributed by atoms with E-state index in [9.17, 15) is 9.59 Å². The van der Waals surface area contributed by atoms with Crippen molar-refractivity contribution in [3.8, 4) is 6.07 Å². The normalized spacial score (nSPS) is 21.5. The second kappa shape index (κ2) is 5.45. The maximum atomic E-state index is 12.9. The SMILES string of the molecule is CN1C(=O)[C@]2(CCN(C(=O)c3ccc(C#N)cc3)C2)c2ccccc21. The van der Waals surface area contributed by atoms with Gasteiger partial charge in [0, 0.05) is 31.4 Å². The predicted octanol–water partition coefficient (Wildman–Crippen LogP) is 2.32. The Hall–Kier alpha value is -3.13. The summed E-state index contributed by atoms with van der Waals surface area (Å²) < 4.78 is 0. The van der Waals surface area contributed by atoms with Crippen LogP contribution in [0.3, 0.4) is 0 Å². The Labute approximate surface area is 146 Å². The third-order valence-corrected chi connectivity index (χ3v) is 5.31. The van der Waals surface area contributed by atoms with Gasteiger partial charge in [0.15, 0.2) is 0 Å². The number of carbonyl (C=O) groups is 2. The summed E-state index contributed by atoms with van der Waals surface area (Å²) >= 11 is 0. The van der Waals surface area contributed by atoms with Crippen LogP contribution in [0.25, 0.3) is 0 Å². The highest BCUT2D eigenvalue weighted by molar-refractivity contribution is 6.09. The molecule has 0 bridgehead atoms. The standard InChI is InChI=1S/C20H17N3O2/c1-22-17-5-3-2-4-16(17)20(19(22)25)10-11-23(13-20)18(24)15-8-6-14(12-21)7-9-15/h2-9H,10-11,13H2,1H3/t20-/m0/s1. The van der Waals surface area contributed by atoms with Crippen molar-refractivity contribution >= 4 is 17.5 Å². The molecule has 0 aromatic heterocycles. The lowest BCUT2D eigenvalue weighted by atomic mass is 9.81. The van der Waals surface area contributed by atoms with Crippen molar-refractivity contribution < 1.29 is 9.59 Å². The molecule has 0 aliphatic carbocycles.